The number of fused-ring (bicyclic) bond motifs is 2. The van der Waals surface area contributed by atoms with Gasteiger partial charge in [0.1, 0.15) is 18.0 Å². The lowest BCUT2D eigenvalue weighted by Crippen LogP contribution is -2.30. The lowest BCUT2D eigenvalue weighted by molar-refractivity contribution is 0.487. The molecule has 1 aliphatic rings. The maximum atomic E-state index is 4.91. The number of hydrogen-bond acceptors (Lipinski definition) is 7. The highest BCUT2D eigenvalue weighted by atomic mass is 15.2. The molecule has 31 heavy (non-hydrogen) atoms. The molecule has 9 nitrogen and oxygen atoms in total. The molecule has 9 heteroatoms. The maximum Gasteiger partial charge on any atom is 0.165 e. The van der Waals surface area contributed by atoms with Crippen LogP contribution in [-0.2, 0) is 19.5 Å². The van der Waals surface area contributed by atoms with E-state index in [1.807, 2.05) is 25.6 Å². The van der Waals surface area contributed by atoms with E-state index in [0.717, 1.165) is 60.1 Å². The van der Waals surface area contributed by atoms with E-state index >= 15 is 0 Å². The summed E-state index contributed by atoms with van der Waals surface area (Å²) < 4.78 is 4.37. The molecule has 0 bridgehead atoms. The van der Waals surface area contributed by atoms with Gasteiger partial charge in [0, 0.05) is 43.6 Å². The number of imidazole rings is 2. The molecule has 0 spiro atoms. The third-order valence-electron chi connectivity index (χ3n) is 5.91. The Bertz CT molecular complexity index is 1220. The molecule has 4 aromatic rings. The zero-order valence-electron chi connectivity index (χ0n) is 18.4. The van der Waals surface area contributed by atoms with E-state index < -0.39 is 0 Å². The average molecular weight is 418 g/mol. The van der Waals surface area contributed by atoms with E-state index in [9.17, 15) is 0 Å². The third-order valence-corrected chi connectivity index (χ3v) is 5.91. The monoisotopic (exact) mass is 417 g/mol. The van der Waals surface area contributed by atoms with Crippen LogP contribution in [0.15, 0.2) is 25.0 Å². The Morgan fingerprint density at radius 3 is 2.68 bits per heavy atom. The van der Waals surface area contributed by atoms with Gasteiger partial charge in [-0.05, 0) is 26.2 Å². The summed E-state index contributed by atoms with van der Waals surface area (Å²) in [6.45, 7) is 10.1. The van der Waals surface area contributed by atoms with Crippen molar-refractivity contribution in [2.45, 2.75) is 65.6 Å². The van der Waals surface area contributed by atoms with E-state index in [0.29, 0.717) is 5.92 Å². The van der Waals surface area contributed by atoms with E-state index in [1.165, 1.54) is 11.4 Å². The SMILES string of the molecule is CCn1c(-c2cnc(C)nc2)nc2c(N[C@@H]3CCn4cnc(C(C)C)c4C3)ncnc21. The number of hydrogen-bond donors (Lipinski definition) is 1. The van der Waals surface area contributed by atoms with E-state index in [1.54, 1.807) is 6.33 Å². The topological polar surface area (TPSA) is 99.2 Å². The van der Waals surface area contributed by atoms with Crippen LogP contribution in [0.4, 0.5) is 5.82 Å². The fourth-order valence-corrected chi connectivity index (χ4v) is 4.34. The predicted octanol–water partition coefficient (Wildman–Crippen LogP) is 3.36. The van der Waals surface area contributed by atoms with Gasteiger partial charge in [0.05, 0.1) is 17.6 Å². The van der Waals surface area contributed by atoms with Crippen molar-refractivity contribution in [2.75, 3.05) is 5.32 Å². The van der Waals surface area contributed by atoms with Crippen LogP contribution in [0.1, 0.15) is 50.3 Å². The van der Waals surface area contributed by atoms with Crippen LogP contribution >= 0.6 is 0 Å². The Balaban J connectivity index is 1.49. The van der Waals surface area contributed by atoms with Crippen molar-refractivity contribution in [3.8, 4) is 11.4 Å². The fraction of sp³-hybridized carbons (Fsp3) is 0.455. The van der Waals surface area contributed by atoms with Gasteiger partial charge in [-0.25, -0.2) is 29.9 Å². The first kappa shape index (κ1) is 19.6. The van der Waals surface area contributed by atoms with Gasteiger partial charge in [0.25, 0.3) is 0 Å². The number of nitrogens with zero attached hydrogens (tertiary/aromatic N) is 8. The summed E-state index contributed by atoms with van der Waals surface area (Å²) in [5.74, 6) is 2.74. The van der Waals surface area contributed by atoms with Crippen LogP contribution in [0.2, 0.25) is 0 Å². The van der Waals surface area contributed by atoms with Gasteiger partial charge in [-0.1, -0.05) is 13.8 Å². The largest absolute Gasteiger partial charge is 0.365 e. The minimum atomic E-state index is 0.276. The van der Waals surface area contributed by atoms with Crippen LogP contribution in [0, 0.1) is 6.92 Å². The van der Waals surface area contributed by atoms with Crippen LogP contribution < -0.4 is 5.32 Å². The molecule has 1 N–H and O–H groups in total. The summed E-state index contributed by atoms with van der Waals surface area (Å²) >= 11 is 0. The Morgan fingerprint density at radius 1 is 1.13 bits per heavy atom. The van der Waals surface area contributed by atoms with Gasteiger partial charge >= 0.3 is 0 Å². The number of nitrogens with one attached hydrogen (secondary N) is 1. The number of rotatable bonds is 5. The van der Waals surface area contributed by atoms with E-state index in [2.05, 4.69) is 60.1 Å². The van der Waals surface area contributed by atoms with Crippen molar-refractivity contribution in [3.05, 3.63) is 42.3 Å². The first-order valence-corrected chi connectivity index (χ1v) is 10.9. The van der Waals surface area contributed by atoms with Gasteiger partial charge in [0.15, 0.2) is 17.0 Å². The molecule has 0 fully saturated rings. The van der Waals surface area contributed by atoms with E-state index in [-0.39, 0.29) is 6.04 Å². The van der Waals surface area contributed by atoms with Gasteiger partial charge in [0.2, 0.25) is 0 Å². The molecule has 0 unspecified atom stereocenters. The fourth-order valence-electron chi connectivity index (χ4n) is 4.34. The highest BCUT2D eigenvalue weighted by Crippen LogP contribution is 2.29. The molecular formula is C22H27N9. The highest BCUT2D eigenvalue weighted by molar-refractivity contribution is 5.86. The summed E-state index contributed by atoms with van der Waals surface area (Å²) in [7, 11) is 0. The van der Waals surface area contributed by atoms with Crippen LogP contribution in [0.25, 0.3) is 22.6 Å². The average Bonchev–Trinajstić information content (AvgIpc) is 3.36. The Hall–Kier alpha value is -3.36. The minimum Gasteiger partial charge on any atom is -0.365 e. The molecule has 0 aliphatic carbocycles. The van der Waals surface area contributed by atoms with Crippen molar-refractivity contribution in [3.63, 3.8) is 0 Å². The second kappa shape index (κ2) is 7.72. The molecule has 0 saturated heterocycles. The van der Waals surface area contributed by atoms with Crippen LogP contribution in [0.3, 0.4) is 0 Å². The molecule has 0 aromatic carbocycles. The molecule has 4 aromatic heterocycles. The summed E-state index contributed by atoms with van der Waals surface area (Å²) in [5, 5.41) is 3.65. The molecule has 5 rings (SSSR count). The number of aryl methyl sites for hydroxylation is 3. The summed E-state index contributed by atoms with van der Waals surface area (Å²) in [6.07, 6.45) is 9.15. The Morgan fingerprint density at radius 2 is 1.94 bits per heavy atom. The first-order chi connectivity index (χ1) is 15.0. The number of anilines is 1. The van der Waals surface area contributed by atoms with Crippen LogP contribution in [0.5, 0.6) is 0 Å². The second-order valence-electron chi connectivity index (χ2n) is 8.35. The molecule has 1 aliphatic heterocycles. The van der Waals surface area contributed by atoms with Crippen molar-refractivity contribution in [1.82, 2.24) is 39.0 Å². The Labute approximate surface area is 181 Å². The maximum absolute atomic E-state index is 4.91. The van der Waals surface area contributed by atoms with Crippen LogP contribution in [-0.4, -0.2) is 45.1 Å². The van der Waals surface area contributed by atoms with Gasteiger partial charge < -0.3 is 14.5 Å². The van der Waals surface area contributed by atoms with Gasteiger partial charge in [-0.2, -0.15) is 0 Å². The first-order valence-electron chi connectivity index (χ1n) is 10.9. The molecule has 160 valence electrons. The van der Waals surface area contributed by atoms with E-state index in [4.69, 9.17) is 4.98 Å². The van der Waals surface area contributed by atoms with Crippen molar-refractivity contribution in [2.24, 2.45) is 0 Å². The van der Waals surface area contributed by atoms with Crippen molar-refractivity contribution in [1.29, 1.82) is 0 Å². The zero-order valence-corrected chi connectivity index (χ0v) is 18.4. The third kappa shape index (κ3) is 3.43. The second-order valence-corrected chi connectivity index (χ2v) is 8.35. The van der Waals surface area contributed by atoms with Gasteiger partial charge in [-0.15, -0.1) is 0 Å². The van der Waals surface area contributed by atoms with Crippen molar-refractivity contribution >= 4 is 17.0 Å². The summed E-state index contributed by atoms with van der Waals surface area (Å²) in [4.78, 5) is 27.3. The summed E-state index contributed by atoms with van der Waals surface area (Å²) in [6, 6.07) is 0.276. The quantitative estimate of drug-likeness (QED) is 0.531. The smallest absolute Gasteiger partial charge is 0.165 e. The molecular weight excluding hydrogens is 390 g/mol. The molecule has 0 radical (unpaired) electrons. The predicted molar refractivity (Wildman–Crippen MR) is 119 cm³/mol. The standard InChI is InChI=1S/C22H27N9/c1-5-31-21(15-9-23-14(4)24-10-15)29-19-20(25-11-26-22(19)31)28-16-6-7-30-12-27-18(13(2)3)17(30)8-16/h9-13,16H,5-8H2,1-4H3,(H,25,26,28)/t16-/m1/s1. The number of aromatic nitrogens is 8. The molecule has 1 atom stereocenters. The zero-order chi connectivity index (χ0) is 21.5. The molecule has 5 heterocycles. The summed E-state index contributed by atoms with van der Waals surface area (Å²) in [5.41, 5.74) is 4.99. The normalized spacial score (nSPS) is 16.1. The minimum absolute atomic E-state index is 0.276. The Kier molecular flexibility index (Phi) is 4.88. The molecule has 0 saturated carbocycles. The highest BCUT2D eigenvalue weighted by Gasteiger charge is 2.25. The van der Waals surface area contributed by atoms with Gasteiger partial charge in [-0.3, -0.25) is 0 Å². The molecule has 0 amide bonds. The lowest BCUT2D eigenvalue weighted by Gasteiger charge is -2.26. The van der Waals surface area contributed by atoms with Crippen molar-refractivity contribution < 1.29 is 0 Å². The lowest BCUT2D eigenvalue weighted by atomic mass is 9.98.